The van der Waals surface area contributed by atoms with Crippen molar-refractivity contribution in [2.45, 2.75) is 24.6 Å². The van der Waals surface area contributed by atoms with Gasteiger partial charge in [-0.25, -0.2) is 0 Å². The van der Waals surface area contributed by atoms with Gasteiger partial charge in [0.2, 0.25) is 0 Å². The van der Waals surface area contributed by atoms with Crippen LogP contribution in [-0.4, -0.2) is 31.1 Å². The maximum Gasteiger partial charge on any atom is 0.0626 e. The van der Waals surface area contributed by atoms with E-state index in [-0.39, 0.29) is 5.38 Å². The van der Waals surface area contributed by atoms with Crippen LogP contribution < -0.4 is 0 Å². The Morgan fingerprint density at radius 1 is 1.45 bits per heavy atom. The highest BCUT2D eigenvalue weighted by atomic mass is 35.5. The van der Waals surface area contributed by atoms with Gasteiger partial charge in [0.25, 0.3) is 0 Å². The van der Waals surface area contributed by atoms with Crippen molar-refractivity contribution in [3.05, 3.63) is 0 Å². The van der Waals surface area contributed by atoms with Crippen molar-refractivity contribution in [3.63, 3.8) is 0 Å². The Balaban J connectivity index is 2.97. The summed E-state index contributed by atoms with van der Waals surface area (Å²) in [5.41, 5.74) is 0. The van der Waals surface area contributed by atoms with Crippen LogP contribution in [0.15, 0.2) is 0 Å². The highest BCUT2D eigenvalue weighted by Crippen LogP contribution is 2.09. The third-order valence-corrected chi connectivity index (χ3v) is 2.50. The van der Waals surface area contributed by atoms with Crippen molar-refractivity contribution in [1.82, 2.24) is 0 Å². The van der Waals surface area contributed by atoms with E-state index in [1.807, 2.05) is 11.8 Å². The maximum atomic E-state index is 5.93. The Hall–Kier alpha value is 0.600. The average Bonchev–Trinajstić information content (AvgIpc) is 1.99. The van der Waals surface area contributed by atoms with Crippen LogP contribution >= 0.6 is 23.4 Å². The Kier molecular flexibility index (Phi) is 9.17. The van der Waals surface area contributed by atoms with Gasteiger partial charge < -0.3 is 4.74 Å². The van der Waals surface area contributed by atoms with Gasteiger partial charge in [-0.05, 0) is 24.9 Å². The van der Waals surface area contributed by atoms with Crippen molar-refractivity contribution < 1.29 is 4.74 Å². The predicted octanol–water partition coefficient (Wildman–Crippen LogP) is 2.77. The van der Waals surface area contributed by atoms with E-state index in [0.29, 0.717) is 6.61 Å². The third-order valence-electron chi connectivity index (χ3n) is 1.46. The van der Waals surface area contributed by atoms with Gasteiger partial charge in [0, 0.05) is 7.11 Å². The van der Waals surface area contributed by atoms with Gasteiger partial charge >= 0.3 is 0 Å². The first-order valence-electron chi connectivity index (χ1n) is 3.93. The summed E-state index contributed by atoms with van der Waals surface area (Å²) in [6.45, 7) is 0.681. The molecule has 0 fully saturated rings. The first-order valence-corrected chi connectivity index (χ1v) is 5.76. The van der Waals surface area contributed by atoms with E-state index in [4.69, 9.17) is 16.3 Å². The van der Waals surface area contributed by atoms with Gasteiger partial charge in [0.05, 0.1) is 12.0 Å². The van der Waals surface area contributed by atoms with Gasteiger partial charge in [-0.2, -0.15) is 11.8 Å². The number of methoxy groups -OCH3 is 1. The Labute approximate surface area is 78.8 Å². The molecule has 0 saturated carbocycles. The van der Waals surface area contributed by atoms with E-state index < -0.39 is 0 Å². The molecule has 0 amide bonds. The largest absolute Gasteiger partial charge is 0.383 e. The van der Waals surface area contributed by atoms with Crippen LogP contribution in [0.1, 0.15) is 19.3 Å². The number of hydrogen-bond acceptors (Lipinski definition) is 2. The number of rotatable bonds is 7. The third kappa shape index (κ3) is 8.51. The summed E-state index contributed by atoms with van der Waals surface area (Å²) in [6, 6.07) is 0. The number of hydrogen-bond donors (Lipinski definition) is 0. The van der Waals surface area contributed by atoms with Crippen LogP contribution in [-0.2, 0) is 4.74 Å². The van der Waals surface area contributed by atoms with Crippen LogP contribution in [0.4, 0.5) is 0 Å². The van der Waals surface area contributed by atoms with Crippen molar-refractivity contribution >= 4 is 23.4 Å². The summed E-state index contributed by atoms with van der Waals surface area (Å²) in [5, 5.41) is 0.210. The fraction of sp³-hybridized carbons (Fsp3) is 1.00. The Morgan fingerprint density at radius 3 is 2.73 bits per heavy atom. The average molecular weight is 197 g/mol. The number of alkyl halides is 1. The molecule has 0 aliphatic heterocycles. The van der Waals surface area contributed by atoms with E-state index in [1.165, 1.54) is 18.6 Å². The van der Waals surface area contributed by atoms with Crippen LogP contribution in [0.5, 0.6) is 0 Å². The lowest BCUT2D eigenvalue weighted by Crippen LogP contribution is -2.06. The van der Waals surface area contributed by atoms with Crippen LogP contribution in [0.3, 0.4) is 0 Å². The van der Waals surface area contributed by atoms with E-state index in [9.17, 15) is 0 Å². The molecule has 11 heavy (non-hydrogen) atoms. The molecule has 0 aliphatic carbocycles. The molecule has 0 spiro atoms. The number of thioether (sulfide) groups is 1. The summed E-state index contributed by atoms with van der Waals surface area (Å²) in [5.74, 6) is 1.25. The summed E-state index contributed by atoms with van der Waals surface area (Å²) in [7, 11) is 1.69. The van der Waals surface area contributed by atoms with Gasteiger partial charge in [-0.1, -0.05) is 6.42 Å². The Bertz CT molecular complexity index is 80.5. The summed E-state index contributed by atoms with van der Waals surface area (Å²) in [4.78, 5) is 0. The normalized spacial score (nSPS) is 13.4. The van der Waals surface area contributed by atoms with Crippen LogP contribution in [0.2, 0.25) is 0 Å². The number of unbranched alkanes of at least 4 members (excludes halogenated alkanes) is 1. The minimum Gasteiger partial charge on any atom is -0.383 e. The highest BCUT2D eigenvalue weighted by molar-refractivity contribution is 7.98. The molecule has 0 aromatic heterocycles. The predicted molar refractivity (Wildman–Crippen MR) is 53.8 cm³/mol. The molecule has 68 valence electrons. The molecule has 0 aromatic rings. The lowest BCUT2D eigenvalue weighted by atomic mass is 10.2. The quantitative estimate of drug-likeness (QED) is 0.458. The second kappa shape index (κ2) is 8.69. The Morgan fingerprint density at radius 2 is 2.18 bits per heavy atom. The van der Waals surface area contributed by atoms with E-state index in [1.54, 1.807) is 7.11 Å². The molecular weight excluding hydrogens is 180 g/mol. The van der Waals surface area contributed by atoms with Crippen molar-refractivity contribution in [2.75, 3.05) is 25.7 Å². The van der Waals surface area contributed by atoms with Gasteiger partial charge in [0.15, 0.2) is 0 Å². The lowest BCUT2D eigenvalue weighted by Gasteiger charge is -2.06. The van der Waals surface area contributed by atoms with Gasteiger partial charge in [-0.15, -0.1) is 11.6 Å². The smallest absolute Gasteiger partial charge is 0.0626 e. The molecular formula is C8H17ClOS. The number of halogens is 1. The van der Waals surface area contributed by atoms with Gasteiger partial charge in [-0.3, -0.25) is 0 Å². The summed E-state index contributed by atoms with van der Waals surface area (Å²) >= 11 is 7.82. The zero-order chi connectivity index (χ0) is 8.53. The molecule has 0 aromatic carbocycles. The molecule has 0 aliphatic rings. The first kappa shape index (κ1) is 11.6. The molecule has 1 atom stereocenters. The monoisotopic (exact) mass is 196 g/mol. The molecule has 0 N–H and O–H groups in total. The summed E-state index contributed by atoms with van der Waals surface area (Å²) in [6.07, 6.45) is 5.70. The van der Waals surface area contributed by atoms with E-state index in [2.05, 4.69) is 6.26 Å². The second-order valence-corrected chi connectivity index (χ2v) is 4.14. The molecule has 0 heterocycles. The van der Waals surface area contributed by atoms with E-state index >= 15 is 0 Å². The van der Waals surface area contributed by atoms with Gasteiger partial charge in [0.1, 0.15) is 0 Å². The fourth-order valence-corrected chi connectivity index (χ4v) is 1.65. The zero-order valence-corrected chi connectivity index (χ0v) is 8.88. The fourth-order valence-electron chi connectivity index (χ4n) is 0.876. The summed E-state index contributed by atoms with van der Waals surface area (Å²) < 4.78 is 4.92. The maximum absolute atomic E-state index is 5.93. The molecule has 0 saturated heterocycles. The second-order valence-electron chi connectivity index (χ2n) is 2.54. The molecule has 0 bridgehead atoms. The standard InChI is InChI=1S/C8H17ClOS/c1-10-7-8(9)5-3-4-6-11-2/h8H,3-7H2,1-2H3. The minimum absolute atomic E-state index is 0.210. The van der Waals surface area contributed by atoms with Crippen molar-refractivity contribution in [2.24, 2.45) is 0 Å². The van der Waals surface area contributed by atoms with Crippen molar-refractivity contribution in [1.29, 1.82) is 0 Å². The van der Waals surface area contributed by atoms with Crippen LogP contribution in [0, 0.1) is 0 Å². The van der Waals surface area contributed by atoms with Crippen molar-refractivity contribution in [3.8, 4) is 0 Å². The first-order chi connectivity index (χ1) is 5.31. The highest BCUT2D eigenvalue weighted by Gasteiger charge is 2.01. The molecule has 0 radical (unpaired) electrons. The SMILES string of the molecule is COCC(Cl)CCCCSC. The number of ether oxygens (including phenoxy) is 1. The minimum atomic E-state index is 0.210. The molecule has 3 heteroatoms. The van der Waals surface area contributed by atoms with Crippen LogP contribution in [0.25, 0.3) is 0 Å². The topological polar surface area (TPSA) is 9.23 Å². The zero-order valence-electron chi connectivity index (χ0n) is 7.31. The van der Waals surface area contributed by atoms with E-state index in [0.717, 1.165) is 6.42 Å². The molecule has 1 nitrogen and oxygen atoms in total. The molecule has 1 unspecified atom stereocenters. The lowest BCUT2D eigenvalue weighted by molar-refractivity contribution is 0.195. The molecule has 0 rings (SSSR count).